The molecule has 0 amide bonds. The zero-order chi connectivity index (χ0) is 20.4. The highest BCUT2D eigenvalue weighted by Crippen LogP contribution is 2.57. The minimum absolute atomic E-state index is 0.0793. The molecule has 2 aliphatic carbocycles. The van der Waals surface area contributed by atoms with E-state index in [-0.39, 0.29) is 11.2 Å². The lowest BCUT2D eigenvalue weighted by molar-refractivity contribution is -0.118. The van der Waals surface area contributed by atoms with Crippen LogP contribution in [0.1, 0.15) is 81.2 Å². The Morgan fingerprint density at radius 2 is 2.07 bits per heavy atom. The van der Waals surface area contributed by atoms with Crippen LogP contribution in [0.15, 0.2) is 35.5 Å². The first kappa shape index (κ1) is 18.2. The molecule has 0 spiro atoms. The first-order valence-electron chi connectivity index (χ1n) is 10.5. The van der Waals surface area contributed by atoms with Crippen LogP contribution in [-0.4, -0.2) is 16.0 Å². The van der Waals surface area contributed by atoms with Gasteiger partial charge >= 0.3 is 0 Å². The van der Waals surface area contributed by atoms with Crippen molar-refractivity contribution in [3.63, 3.8) is 0 Å². The number of aromatic nitrogens is 2. The number of nitrogens with one attached hydrogen (secondary N) is 2. The SMILES string of the molecule is CC[C@@]1(c2cccc(C#N)c2)C2=C(CC(C)(C)CC2=O)Nc2n[nH]c(C3CC3)c21. The van der Waals surface area contributed by atoms with Gasteiger partial charge in [-0.1, -0.05) is 32.9 Å². The highest BCUT2D eigenvalue weighted by atomic mass is 16.1. The summed E-state index contributed by atoms with van der Waals surface area (Å²) in [5.41, 5.74) is 5.14. The number of hydrogen-bond acceptors (Lipinski definition) is 4. The molecule has 5 heteroatoms. The van der Waals surface area contributed by atoms with Gasteiger partial charge in [-0.25, -0.2) is 0 Å². The number of anilines is 1. The van der Waals surface area contributed by atoms with Crippen molar-refractivity contribution >= 4 is 11.6 Å². The second-order valence-corrected chi connectivity index (χ2v) is 9.51. The lowest BCUT2D eigenvalue weighted by atomic mass is 9.59. The van der Waals surface area contributed by atoms with Gasteiger partial charge in [-0.15, -0.1) is 0 Å². The Hall–Kier alpha value is -2.87. The van der Waals surface area contributed by atoms with Gasteiger partial charge < -0.3 is 5.32 Å². The fourth-order valence-corrected chi connectivity index (χ4v) is 5.44. The molecule has 1 saturated carbocycles. The van der Waals surface area contributed by atoms with E-state index in [0.717, 1.165) is 59.6 Å². The van der Waals surface area contributed by atoms with Gasteiger partial charge in [0, 0.05) is 34.9 Å². The number of carbonyl (C=O) groups is 1. The maximum absolute atomic E-state index is 13.6. The Morgan fingerprint density at radius 1 is 1.28 bits per heavy atom. The standard InChI is InChI=1S/C24H26N4O/c1-4-24(16-7-5-6-14(10-16)13-25)19-17(11-23(2,3)12-18(19)29)26-22-20(24)21(27-28-22)15-8-9-15/h5-7,10,15H,4,8-9,11-12H2,1-3H3,(H2,26,27,28)/t24-/m1/s1. The molecule has 1 aromatic heterocycles. The highest BCUT2D eigenvalue weighted by molar-refractivity contribution is 6.03. The molecule has 29 heavy (non-hydrogen) atoms. The van der Waals surface area contributed by atoms with Crippen molar-refractivity contribution in [1.82, 2.24) is 10.2 Å². The maximum atomic E-state index is 13.6. The number of aromatic amines is 1. The fourth-order valence-electron chi connectivity index (χ4n) is 5.44. The predicted octanol–water partition coefficient (Wildman–Crippen LogP) is 4.92. The molecule has 2 heterocycles. The summed E-state index contributed by atoms with van der Waals surface area (Å²) in [5, 5.41) is 21.0. The number of carbonyl (C=O) groups excluding carboxylic acids is 1. The monoisotopic (exact) mass is 386 g/mol. The summed E-state index contributed by atoms with van der Waals surface area (Å²) in [5.74, 6) is 1.54. The number of fused-ring (bicyclic) bond motifs is 1. The first-order valence-corrected chi connectivity index (χ1v) is 10.5. The summed E-state index contributed by atoms with van der Waals surface area (Å²) < 4.78 is 0. The number of nitrogens with zero attached hydrogens (tertiary/aromatic N) is 2. The molecule has 148 valence electrons. The summed E-state index contributed by atoms with van der Waals surface area (Å²) in [4.78, 5) is 13.6. The van der Waals surface area contributed by atoms with E-state index in [9.17, 15) is 10.1 Å². The van der Waals surface area contributed by atoms with Crippen LogP contribution in [-0.2, 0) is 10.2 Å². The predicted molar refractivity (Wildman–Crippen MR) is 111 cm³/mol. The zero-order valence-corrected chi connectivity index (χ0v) is 17.2. The van der Waals surface area contributed by atoms with E-state index < -0.39 is 5.41 Å². The van der Waals surface area contributed by atoms with E-state index >= 15 is 0 Å². The van der Waals surface area contributed by atoms with E-state index in [1.807, 2.05) is 18.2 Å². The van der Waals surface area contributed by atoms with Crippen LogP contribution in [0.2, 0.25) is 0 Å². The number of hydrogen-bond donors (Lipinski definition) is 2. The van der Waals surface area contributed by atoms with Crippen molar-refractivity contribution in [2.75, 3.05) is 5.32 Å². The molecule has 1 fully saturated rings. The van der Waals surface area contributed by atoms with E-state index in [2.05, 4.69) is 48.4 Å². The van der Waals surface area contributed by atoms with Crippen LogP contribution in [0.25, 0.3) is 0 Å². The second-order valence-electron chi connectivity index (χ2n) is 9.51. The molecule has 0 radical (unpaired) electrons. The Morgan fingerprint density at radius 3 is 2.76 bits per heavy atom. The molecule has 0 saturated heterocycles. The molecule has 5 nitrogen and oxygen atoms in total. The third kappa shape index (κ3) is 2.58. The van der Waals surface area contributed by atoms with Crippen LogP contribution in [0.5, 0.6) is 0 Å². The van der Waals surface area contributed by atoms with Crippen molar-refractivity contribution in [2.45, 2.75) is 64.2 Å². The first-order chi connectivity index (χ1) is 13.9. The second kappa shape index (κ2) is 6.06. The Bertz CT molecular complexity index is 1100. The van der Waals surface area contributed by atoms with Gasteiger partial charge in [0.15, 0.2) is 11.6 Å². The zero-order valence-electron chi connectivity index (χ0n) is 17.2. The summed E-state index contributed by atoms with van der Waals surface area (Å²) in [6, 6.07) is 10.1. The van der Waals surface area contributed by atoms with Crippen LogP contribution in [0.3, 0.4) is 0 Å². The van der Waals surface area contributed by atoms with E-state index in [4.69, 9.17) is 0 Å². The Balaban J connectivity index is 1.84. The molecule has 1 atom stereocenters. The topological polar surface area (TPSA) is 81.6 Å². The molecule has 0 bridgehead atoms. The van der Waals surface area contributed by atoms with E-state index in [0.29, 0.717) is 17.9 Å². The van der Waals surface area contributed by atoms with Crippen molar-refractivity contribution in [1.29, 1.82) is 5.26 Å². The van der Waals surface area contributed by atoms with Crippen LogP contribution in [0.4, 0.5) is 5.82 Å². The molecular formula is C24H26N4O. The molecule has 5 rings (SSSR count). The van der Waals surface area contributed by atoms with Gasteiger partial charge in [0.2, 0.25) is 0 Å². The minimum atomic E-state index is -0.568. The molecular weight excluding hydrogens is 360 g/mol. The lowest BCUT2D eigenvalue weighted by Crippen LogP contribution is -2.43. The summed E-state index contributed by atoms with van der Waals surface area (Å²) >= 11 is 0. The van der Waals surface area contributed by atoms with Crippen molar-refractivity contribution < 1.29 is 4.79 Å². The molecule has 2 N–H and O–H groups in total. The minimum Gasteiger partial charge on any atom is -0.342 e. The van der Waals surface area contributed by atoms with Crippen molar-refractivity contribution in [3.05, 3.63) is 57.9 Å². The number of Topliss-reactive ketones (excluding diaryl/α,β-unsaturated/α-hetero) is 1. The number of benzene rings is 1. The molecule has 1 aliphatic heterocycles. The Kier molecular flexibility index (Phi) is 3.80. The van der Waals surface area contributed by atoms with Crippen LogP contribution >= 0.6 is 0 Å². The lowest BCUT2D eigenvalue weighted by Gasteiger charge is -2.45. The number of ketones is 1. The smallest absolute Gasteiger partial charge is 0.162 e. The quantitative estimate of drug-likeness (QED) is 0.784. The average Bonchev–Trinajstić information content (AvgIpc) is 3.45. The van der Waals surface area contributed by atoms with E-state index in [1.54, 1.807) is 0 Å². The van der Waals surface area contributed by atoms with E-state index in [1.165, 1.54) is 0 Å². The normalized spacial score (nSPS) is 25.1. The summed E-state index contributed by atoms with van der Waals surface area (Å²) in [6.45, 7) is 6.45. The van der Waals surface area contributed by atoms with Gasteiger partial charge in [0.25, 0.3) is 0 Å². The van der Waals surface area contributed by atoms with Gasteiger partial charge in [-0.2, -0.15) is 10.4 Å². The van der Waals surface area contributed by atoms with Crippen molar-refractivity contribution in [3.8, 4) is 6.07 Å². The van der Waals surface area contributed by atoms with Crippen molar-refractivity contribution in [2.24, 2.45) is 5.41 Å². The highest BCUT2D eigenvalue weighted by Gasteiger charge is 2.52. The summed E-state index contributed by atoms with van der Waals surface area (Å²) in [6.07, 6.45) is 4.41. The number of nitriles is 1. The largest absolute Gasteiger partial charge is 0.342 e. The molecule has 1 aromatic carbocycles. The average molecular weight is 386 g/mol. The van der Waals surface area contributed by atoms with Gasteiger partial charge in [-0.3, -0.25) is 9.89 Å². The van der Waals surface area contributed by atoms with Crippen LogP contribution < -0.4 is 5.32 Å². The fraction of sp³-hybridized carbons (Fsp3) is 0.458. The molecule has 3 aliphatic rings. The third-order valence-corrected chi connectivity index (χ3v) is 6.79. The van der Waals surface area contributed by atoms with Crippen LogP contribution in [0, 0.1) is 16.7 Å². The molecule has 0 unspecified atom stereocenters. The summed E-state index contributed by atoms with van der Waals surface area (Å²) in [7, 11) is 0. The van der Waals surface area contributed by atoms with Gasteiger partial charge in [0.1, 0.15) is 0 Å². The number of H-pyrrole nitrogens is 1. The molecule has 2 aromatic rings. The Labute approximate surface area is 171 Å². The third-order valence-electron chi connectivity index (χ3n) is 6.79. The maximum Gasteiger partial charge on any atom is 0.162 e. The van der Waals surface area contributed by atoms with Gasteiger partial charge in [0.05, 0.1) is 17.0 Å². The van der Waals surface area contributed by atoms with Gasteiger partial charge in [-0.05, 0) is 48.8 Å². The number of rotatable bonds is 3. The number of allylic oxidation sites excluding steroid dienone is 2.